The van der Waals surface area contributed by atoms with Gasteiger partial charge in [-0.15, -0.1) is 0 Å². The van der Waals surface area contributed by atoms with Crippen LogP contribution in [0.3, 0.4) is 0 Å². The van der Waals surface area contributed by atoms with E-state index >= 15 is 0 Å². The van der Waals surface area contributed by atoms with Crippen LogP contribution < -0.4 is 4.74 Å². The molecule has 0 unspecified atom stereocenters. The van der Waals surface area contributed by atoms with Crippen molar-refractivity contribution in [2.45, 2.75) is 18.3 Å². The fraction of sp³-hybridized carbons (Fsp3) is 0.462. The lowest BCUT2D eigenvalue weighted by Crippen LogP contribution is -2.33. The highest BCUT2D eigenvalue weighted by atomic mass is 16.6. The van der Waals surface area contributed by atoms with Crippen LogP contribution in [0.4, 0.5) is 0 Å². The van der Waals surface area contributed by atoms with E-state index in [-0.39, 0.29) is 13.2 Å². The maximum Gasteiger partial charge on any atom is 0.338 e. The maximum atomic E-state index is 11.7. The third kappa shape index (κ3) is 3.23. The summed E-state index contributed by atoms with van der Waals surface area (Å²) in [5.41, 5.74) is 0.383. The molecular formula is C13H16O6. The Labute approximate surface area is 110 Å². The molecule has 104 valence electrons. The Morgan fingerprint density at radius 2 is 2.05 bits per heavy atom. The largest absolute Gasteiger partial charge is 0.497 e. The van der Waals surface area contributed by atoms with Gasteiger partial charge in [-0.3, -0.25) is 0 Å². The van der Waals surface area contributed by atoms with E-state index in [1.165, 1.54) is 7.11 Å². The summed E-state index contributed by atoms with van der Waals surface area (Å²) in [4.78, 5) is 11.7. The zero-order valence-corrected chi connectivity index (χ0v) is 10.5. The molecule has 1 fully saturated rings. The van der Waals surface area contributed by atoms with Crippen LogP contribution in [0.1, 0.15) is 10.4 Å². The number of benzene rings is 1. The molecule has 0 spiro atoms. The third-order valence-electron chi connectivity index (χ3n) is 2.96. The summed E-state index contributed by atoms with van der Waals surface area (Å²) < 4.78 is 15.1. The molecule has 1 aromatic rings. The van der Waals surface area contributed by atoms with Crippen molar-refractivity contribution in [3.63, 3.8) is 0 Å². The number of rotatable bonds is 4. The lowest BCUT2D eigenvalue weighted by molar-refractivity contribution is -0.0204. The number of hydrogen-bond acceptors (Lipinski definition) is 6. The molecule has 6 heteroatoms. The van der Waals surface area contributed by atoms with Gasteiger partial charge in [-0.2, -0.15) is 0 Å². The molecule has 0 aliphatic carbocycles. The molecule has 6 nitrogen and oxygen atoms in total. The Morgan fingerprint density at radius 3 is 2.58 bits per heavy atom. The average molecular weight is 268 g/mol. The van der Waals surface area contributed by atoms with E-state index in [0.717, 1.165) is 0 Å². The van der Waals surface area contributed by atoms with Gasteiger partial charge in [0, 0.05) is 0 Å². The van der Waals surface area contributed by atoms with Crippen LogP contribution in [0.25, 0.3) is 0 Å². The van der Waals surface area contributed by atoms with E-state index in [1.54, 1.807) is 24.3 Å². The first-order valence-corrected chi connectivity index (χ1v) is 5.90. The Morgan fingerprint density at radius 1 is 1.37 bits per heavy atom. The van der Waals surface area contributed by atoms with E-state index in [2.05, 4.69) is 0 Å². The van der Waals surface area contributed by atoms with Crippen molar-refractivity contribution < 1.29 is 29.2 Å². The summed E-state index contributed by atoms with van der Waals surface area (Å²) in [5.74, 6) is 0.133. The van der Waals surface area contributed by atoms with Crippen LogP contribution in [0, 0.1) is 0 Å². The first-order valence-electron chi connectivity index (χ1n) is 5.90. The minimum absolute atomic E-state index is 0.0475. The van der Waals surface area contributed by atoms with Gasteiger partial charge in [-0.25, -0.2) is 4.79 Å². The summed E-state index contributed by atoms with van der Waals surface area (Å²) in [7, 11) is 1.54. The number of esters is 1. The van der Waals surface area contributed by atoms with Crippen LogP contribution in [0.2, 0.25) is 0 Å². The molecule has 0 aromatic heterocycles. The fourth-order valence-corrected chi connectivity index (χ4v) is 1.78. The molecule has 0 radical (unpaired) electrons. The van der Waals surface area contributed by atoms with Gasteiger partial charge in [0.15, 0.2) is 0 Å². The Bertz CT molecular complexity index is 429. The van der Waals surface area contributed by atoms with E-state index in [0.29, 0.717) is 11.3 Å². The van der Waals surface area contributed by atoms with Crippen molar-refractivity contribution in [1.82, 2.24) is 0 Å². The second-order valence-corrected chi connectivity index (χ2v) is 4.26. The fourth-order valence-electron chi connectivity index (χ4n) is 1.78. The topological polar surface area (TPSA) is 85.2 Å². The summed E-state index contributed by atoms with van der Waals surface area (Å²) in [6.07, 6.45) is -2.63. The number of carbonyl (C=O) groups is 1. The molecule has 1 heterocycles. The Balaban J connectivity index is 1.87. The summed E-state index contributed by atoms with van der Waals surface area (Å²) in [6.45, 7) is -0.0466. The van der Waals surface area contributed by atoms with Crippen LogP contribution >= 0.6 is 0 Å². The van der Waals surface area contributed by atoms with Gasteiger partial charge in [-0.1, -0.05) is 0 Å². The third-order valence-corrected chi connectivity index (χ3v) is 2.96. The number of methoxy groups -OCH3 is 1. The molecule has 2 N–H and O–H groups in total. The predicted octanol–water partition coefficient (Wildman–Crippen LogP) is -0.0274. The molecule has 1 aliphatic rings. The molecule has 0 bridgehead atoms. The minimum atomic E-state index is -1.02. The molecule has 3 atom stereocenters. The number of hydrogen-bond donors (Lipinski definition) is 2. The van der Waals surface area contributed by atoms with Gasteiger partial charge in [0.05, 0.1) is 19.3 Å². The normalized spacial score (nSPS) is 26.2. The van der Waals surface area contributed by atoms with Crippen LogP contribution in [0.15, 0.2) is 24.3 Å². The van der Waals surface area contributed by atoms with Gasteiger partial charge in [0.25, 0.3) is 0 Å². The van der Waals surface area contributed by atoms with Crippen LogP contribution in [-0.4, -0.2) is 54.8 Å². The summed E-state index contributed by atoms with van der Waals surface area (Å²) in [6, 6.07) is 6.48. The Kier molecular flexibility index (Phi) is 4.36. The molecule has 19 heavy (non-hydrogen) atoms. The van der Waals surface area contributed by atoms with E-state index in [9.17, 15) is 15.0 Å². The van der Waals surface area contributed by atoms with Crippen LogP contribution in [0.5, 0.6) is 5.75 Å². The highest BCUT2D eigenvalue weighted by Crippen LogP contribution is 2.16. The molecule has 1 aromatic carbocycles. The van der Waals surface area contributed by atoms with E-state index in [1.807, 2.05) is 0 Å². The monoisotopic (exact) mass is 268 g/mol. The maximum absolute atomic E-state index is 11.7. The first-order chi connectivity index (χ1) is 9.11. The standard InChI is InChI=1S/C13H16O6/c1-17-9-4-2-8(3-5-9)13(16)19-7-11-12(15)10(14)6-18-11/h2-5,10-12,14-15H,6-7H2,1H3/t10-,11-,12+/m1/s1. The van der Waals surface area contributed by atoms with Crippen molar-refractivity contribution >= 4 is 5.97 Å². The van der Waals surface area contributed by atoms with Crippen molar-refractivity contribution in [1.29, 1.82) is 0 Å². The molecule has 1 saturated heterocycles. The highest BCUT2D eigenvalue weighted by Gasteiger charge is 2.35. The summed E-state index contributed by atoms with van der Waals surface area (Å²) in [5, 5.41) is 18.8. The van der Waals surface area contributed by atoms with Crippen molar-refractivity contribution in [3.05, 3.63) is 29.8 Å². The molecule has 0 amide bonds. The lowest BCUT2D eigenvalue weighted by Gasteiger charge is -2.14. The molecule has 2 rings (SSSR count). The van der Waals surface area contributed by atoms with Gasteiger partial charge in [0.2, 0.25) is 0 Å². The highest BCUT2D eigenvalue weighted by molar-refractivity contribution is 5.89. The first kappa shape index (κ1) is 13.8. The summed E-state index contributed by atoms with van der Waals surface area (Å²) >= 11 is 0. The van der Waals surface area contributed by atoms with Crippen LogP contribution in [-0.2, 0) is 9.47 Å². The smallest absolute Gasteiger partial charge is 0.338 e. The van der Waals surface area contributed by atoms with Crippen molar-refractivity contribution in [2.75, 3.05) is 20.3 Å². The number of ether oxygens (including phenoxy) is 3. The second-order valence-electron chi connectivity index (χ2n) is 4.26. The van der Waals surface area contributed by atoms with Crippen molar-refractivity contribution in [2.24, 2.45) is 0 Å². The zero-order valence-electron chi connectivity index (χ0n) is 10.5. The zero-order chi connectivity index (χ0) is 13.8. The van der Waals surface area contributed by atoms with Gasteiger partial charge in [0.1, 0.15) is 30.7 Å². The predicted molar refractivity (Wildman–Crippen MR) is 65.0 cm³/mol. The number of aliphatic hydroxyl groups is 2. The van der Waals surface area contributed by atoms with Gasteiger partial charge in [-0.05, 0) is 24.3 Å². The number of aliphatic hydroxyl groups excluding tert-OH is 2. The lowest BCUT2D eigenvalue weighted by atomic mass is 10.1. The van der Waals surface area contributed by atoms with Gasteiger partial charge >= 0.3 is 5.97 Å². The molecular weight excluding hydrogens is 252 g/mol. The number of carbonyl (C=O) groups excluding carboxylic acids is 1. The molecule has 0 saturated carbocycles. The Hall–Kier alpha value is -1.63. The minimum Gasteiger partial charge on any atom is -0.497 e. The average Bonchev–Trinajstić information content (AvgIpc) is 2.76. The SMILES string of the molecule is COc1ccc(C(=O)OC[C@H]2OC[C@@H](O)[C@@H]2O)cc1. The quantitative estimate of drug-likeness (QED) is 0.746. The van der Waals surface area contributed by atoms with E-state index in [4.69, 9.17) is 14.2 Å². The second kappa shape index (κ2) is 6.01. The van der Waals surface area contributed by atoms with Gasteiger partial charge < -0.3 is 24.4 Å². The van der Waals surface area contributed by atoms with Crippen molar-refractivity contribution in [3.8, 4) is 5.75 Å². The van der Waals surface area contributed by atoms with E-state index < -0.39 is 24.3 Å². The molecule has 1 aliphatic heterocycles.